The van der Waals surface area contributed by atoms with Gasteiger partial charge >= 0.3 is 0 Å². The van der Waals surface area contributed by atoms with E-state index in [1.165, 1.54) is 18.2 Å². The van der Waals surface area contributed by atoms with Crippen LogP contribution in [0.1, 0.15) is 45.0 Å². The van der Waals surface area contributed by atoms with Crippen molar-refractivity contribution in [3.05, 3.63) is 89.5 Å². The van der Waals surface area contributed by atoms with Gasteiger partial charge < -0.3 is 15.5 Å². The SMILES string of the molecule is O=C(Nc1cccnc1)c1ccc2c(c1)[C@@H](C1CCN(C(=O)c3cccc(F)c3)CC1)C(=O)N2. The Balaban J connectivity index is 1.29. The first-order chi connectivity index (χ1) is 16.5. The third kappa shape index (κ3) is 4.26. The zero-order chi connectivity index (χ0) is 23.7. The van der Waals surface area contributed by atoms with Gasteiger partial charge in [-0.2, -0.15) is 0 Å². The van der Waals surface area contributed by atoms with Crippen LogP contribution in [0.4, 0.5) is 15.8 Å². The molecule has 2 N–H and O–H groups in total. The van der Waals surface area contributed by atoms with E-state index in [-0.39, 0.29) is 29.6 Å². The number of nitrogens with zero attached hydrogens (tertiary/aromatic N) is 2. The molecule has 2 aliphatic rings. The number of piperidine rings is 1. The highest BCUT2D eigenvalue weighted by atomic mass is 19.1. The van der Waals surface area contributed by atoms with Crippen LogP contribution in [0.15, 0.2) is 67.0 Å². The summed E-state index contributed by atoms with van der Waals surface area (Å²) in [4.78, 5) is 44.0. The van der Waals surface area contributed by atoms with Gasteiger partial charge in [-0.25, -0.2) is 4.39 Å². The van der Waals surface area contributed by atoms with Crippen molar-refractivity contribution in [3.8, 4) is 0 Å². The fourth-order valence-corrected chi connectivity index (χ4v) is 4.77. The largest absolute Gasteiger partial charge is 0.339 e. The minimum Gasteiger partial charge on any atom is -0.339 e. The standard InChI is InChI=1S/C26H23FN4O3/c27-19-4-1-3-18(13-19)26(34)31-11-8-16(9-12-31)23-21-14-17(6-7-22(21)30-25(23)33)24(32)29-20-5-2-10-28-15-20/h1-7,10,13-16,23H,8-9,11-12H2,(H,29,32)(H,30,33)/t23-/m1/s1. The Morgan fingerprint density at radius 2 is 1.85 bits per heavy atom. The number of carbonyl (C=O) groups excluding carboxylic acids is 3. The summed E-state index contributed by atoms with van der Waals surface area (Å²) in [5.41, 5.74) is 2.90. The number of amides is 3. The maximum Gasteiger partial charge on any atom is 0.255 e. The van der Waals surface area contributed by atoms with E-state index in [1.807, 2.05) is 0 Å². The molecule has 1 atom stereocenters. The number of fused-ring (bicyclic) bond motifs is 1. The van der Waals surface area contributed by atoms with Crippen molar-refractivity contribution in [2.75, 3.05) is 23.7 Å². The van der Waals surface area contributed by atoms with Crippen LogP contribution >= 0.6 is 0 Å². The molecule has 0 saturated carbocycles. The molecule has 0 radical (unpaired) electrons. The third-order valence-electron chi connectivity index (χ3n) is 6.48. The van der Waals surface area contributed by atoms with E-state index in [4.69, 9.17) is 0 Å². The summed E-state index contributed by atoms with van der Waals surface area (Å²) >= 11 is 0. The maximum absolute atomic E-state index is 13.5. The average molecular weight is 458 g/mol. The zero-order valence-electron chi connectivity index (χ0n) is 18.3. The molecule has 0 bridgehead atoms. The molecule has 3 aromatic rings. The van der Waals surface area contributed by atoms with Gasteiger partial charge in [0, 0.05) is 36.1 Å². The van der Waals surface area contributed by atoms with Gasteiger partial charge in [0.1, 0.15) is 5.82 Å². The normalized spacial score (nSPS) is 17.7. The lowest BCUT2D eigenvalue weighted by Gasteiger charge is -2.34. The highest BCUT2D eigenvalue weighted by Gasteiger charge is 2.39. The van der Waals surface area contributed by atoms with Gasteiger partial charge in [0.2, 0.25) is 5.91 Å². The number of hydrogen-bond acceptors (Lipinski definition) is 4. The molecule has 2 aliphatic heterocycles. The van der Waals surface area contributed by atoms with Crippen LogP contribution in [0, 0.1) is 11.7 Å². The van der Waals surface area contributed by atoms with Crippen LogP contribution in [0.2, 0.25) is 0 Å². The van der Waals surface area contributed by atoms with E-state index in [1.54, 1.807) is 53.7 Å². The summed E-state index contributed by atoms with van der Waals surface area (Å²) in [5.74, 6) is -1.35. The number of benzene rings is 2. The second-order valence-corrected chi connectivity index (χ2v) is 8.60. The quantitative estimate of drug-likeness (QED) is 0.617. The van der Waals surface area contributed by atoms with Crippen LogP contribution in [0.5, 0.6) is 0 Å². The van der Waals surface area contributed by atoms with Crippen molar-refractivity contribution < 1.29 is 18.8 Å². The fraction of sp³-hybridized carbons (Fsp3) is 0.231. The average Bonchev–Trinajstić information content (AvgIpc) is 3.19. The Hall–Kier alpha value is -4.07. The first-order valence-corrected chi connectivity index (χ1v) is 11.2. The van der Waals surface area contributed by atoms with E-state index < -0.39 is 5.82 Å². The Morgan fingerprint density at radius 3 is 2.59 bits per heavy atom. The number of nitrogens with one attached hydrogen (secondary N) is 2. The molecular weight excluding hydrogens is 435 g/mol. The molecule has 0 unspecified atom stereocenters. The molecule has 1 aromatic heterocycles. The van der Waals surface area contributed by atoms with Crippen molar-refractivity contribution in [2.45, 2.75) is 18.8 Å². The number of likely N-dealkylation sites (tertiary alicyclic amines) is 1. The minimum atomic E-state index is -0.441. The first kappa shape index (κ1) is 21.8. The van der Waals surface area contributed by atoms with Gasteiger partial charge in [-0.05, 0) is 72.9 Å². The van der Waals surface area contributed by atoms with Gasteiger partial charge in [-0.15, -0.1) is 0 Å². The summed E-state index contributed by atoms with van der Waals surface area (Å²) in [7, 11) is 0. The molecule has 0 spiro atoms. The molecule has 1 fully saturated rings. The van der Waals surface area contributed by atoms with E-state index in [2.05, 4.69) is 15.6 Å². The van der Waals surface area contributed by atoms with Crippen molar-refractivity contribution in [1.82, 2.24) is 9.88 Å². The number of halogens is 1. The van der Waals surface area contributed by atoms with Gasteiger partial charge in [0.05, 0.1) is 17.8 Å². The Labute approximate surface area is 196 Å². The van der Waals surface area contributed by atoms with Gasteiger partial charge in [-0.1, -0.05) is 6.07 Å². The number of carbonyl (C=O) groups is 3. The van der Waals surface area contributed by atoms with E-state index in [0.717, 1.165) is 5.56 Å². The lowest BCUT2D eigenvalue weighted by atomic mass is 9.80. The number of hydrogen-bond donors (Lipinski definition) is 2. The fourth-order valence-electron chi connectivity index (χ4n) is 4.77. The van der Waals surface area contributed by atoms with Gasteiger partial charge in [-0.3, -0.25) is 19.4 Å². The predicted molar refractivity (Wildman–Crippen MR) is 125 cm³/mol. The van der Waals surface area contributed by atoms with Crippen LogP contribution in [-0.2, 0) is 4.79 Å². The van der Waals surface area contributed by atoms with E-state index >= 15 is 0 Å². The molecule has 3 heterocycles. The van der Waals surface area contributed by atoms with Crippen molar-refractivity contribution >= 4 is 29.1 Å². The van der Waals surface area contributed by atoms with Gasteiger partial charge in [0.25, 0.3) is 11.8 Å². The number of aromatic nitrogens is 1. The molecular formula is C26H23FN4O3. The number of anilines is 2. The first-order valence-electron chi connectivity index (χ1n) is 11.2. The van der Waals surface area contributed by atoms with Crippen molar-refractivity contribution in [1.29, 1.82) is 0 Å². The Bertz CT molecular complexity index is 1260. The molecule has 172 valence electrons. The van der Waals surface area contributed by atoms with Crippen molar-refractivity contribution in [2.24, 2.45) is 5.92 Å². The lowest BCUT2D eigenvalue weighted by Crippen LogP contribution is -2.40. The summed E-state index contributed by atoms with van der Waals surface area (Å²) in [6.07, 6.45) is 4.48. The molecule has 1 saturated heterocycles. The van der Waals surface area contributed by atoms with Crippen molar-refractivity contribution in [3.63, 3.8) is 0 Å². The molecule has 8 heteroatoms. The van der Waals surface area contributed by atoms with E-state index in [0.29, 0.717) is 48.4 Å². The summed E-state index contributed by atoms with van der Waals surface area (Å²) in [5, 5.41) is 5.74. The van der Waals surface area contributed by atoms with E-state index in [9.17, 15) is 18.8 Å². The second kappa shape index (κ2) is 9.05. The molecule has 0 aliphatic carbocycles. The monoisotopic (exact) mass is 458 g/mol. The second-order valence-electron chi connectivity index (χ2n) is 8.60. The minimum absolute atomic E-state index is 0.0365. The topological polar surface area (TPSA) is 91.4 Å². The highest BCUT2D eigenvalue weighted by molar-refractivity contribution is 6.07. The lowest BCUT2D eigenvalue weighted by molar-refractivity contribution is -0.118. The third-order valence-corrected chi connectivity index (χ3v) is 6.48. The van der Waals surface area contributed by atoms with Crippen LogP contribution in [-0.4, -0.2) is 40.7 Å². The summed E-state index contributed by atoms with van der Waals surface area (Å²) in [6.45, 7) is 0.973. The smallest absolute Gasteiger partial charge is 0.255 e. The maximum atomic E-state index is 13.5. The van der Waals surface area contributed by atoms with Crippen LogP contribution in [0.25, 0.3) is 0 Å². The molecule has 2 aromatic carbocycles. The van der Waals surface area contributed by atoms with Crippen LogP contribution < -0.4 is 10.6 Å². The summed E-state index contributed by atoms with van der Waals surface area (Å²) < 4.78 is 13.5. The Kier molecular flexibility index (Phi) is 5.79. The number of pyridine rings is 1. The molecule has 7 nitrogen and oxygen atoms in total. The molecule has 5 rings (SSSR count). The Morgan fingerprint density at radius 1 is 1.03 bits per heavy atom. The highest BCUT2D eigenvalue weighted by Crippen LogP contribution is 2.42. The van der Waals surface area contributed by atoms with Gasteiger partial charge in [0.15, 0.2) is 0 Å². The molecule has 34 heavy (non-hydrogen) atoms. The van der Waals surface area contributed by atoms with Crippen LogP contribution in [0.3, 0.4) is 0 Å². The number of rotatable bonds is 4. The predicted octanol–water partition coefficient (Wildman–Crippen LogP) is 4.06. The summed E-state index contributed by atoms with van der Waals surface area (Å²) in [6, 6.07) is 14.4. The molecule has 3 amide bonds. The zero-order valence-corrected chi connectivity index (χ0v) is 18.3.